The van der Waals surface area contributed by atoms with E-state index in [1.165, 1.54) is 5.56 Å². The van der Waals surface area contributed by atoms with E-state index in [1.54, 1.807) is 7.05 Å². The summed E-state index contributed by atoms with van der Waals surface area (Å²) in [6.07, 6.45) is 0.506. The third-order valence-electron chi connectivity index (χ3n) is 2.39. The second-order valence-electron chi connectivity index (χ2n) is 3.51. The number of H-pyrrole nitrogens is 1. The van der Waals surface area contributed by atoms with Crippen LogP contribution < -0.4 is 10.6 Å². The van der Waals surface area contributed by atoms with Crippen molar-refractivity contribution in [2.75, 3.05) is 13.6 Å². The molecule has 5 heteroatoms. The molecule has 5 nitrogen and oxygen atoms in total. The van der Waals surface area contributed by atoms with Crippen molar-refractivity contribution < 1.29 is 4.79 Å². The van der Waals surface area contributed by atoms with Gasteiger partial charge in [-0.3, -0.25) is 9.89 Å². The first-order valence-corrected chi connectivity index (χ1v) is 5.07. The predicted octanol–water partition coefficient (Wildman–Crippen LogP) is 0.252. The van der Waals surface area contributed by atoms with Gasteiger partial charge in [-0.1, -0.05) is 0 Å². The average molecular weight is 210 g/mol. The third-order valence-corrected chi connectivity index (χ3v) is 2.39. The number of aromatic amines is 1. The molecule has 1 heterocycles. The number of hydrogen-bond donors (Lipinski definition) is 3. The minimum atomic E-state index is 0.0585. The minimum Gasteiger partial charge on any atom is -0.359 e. The molecule has 0 spiro atoms. The zero-order valence-electron chi connectivity index (χ0n) is 9.48. The summed E-state index contributed by atoms with van der Waals surface area (Å²) in [5.41, 5.74) is 3.28. The van der Waals surface area contributed by atoms with Crippen LogP contribution in [0.5, 0.6) is 0 Å². The van der Waals surface area contributed by atoms with Crippen LogP contribution >= 0.6 is 0 Å². The van der Waals surface area contributed by atoms with E-state index in [0.29, 0.717) is 13.0 Å². The molecule has 1 aromatic rings. The molecular weight excluding hydrogens is 192 g/mol. The molecule has 1 amide bonds. The Balaban J connectivity index is 2.29. The van der Waals surface area contributed by atoms with E-state index in [2.05, 4.69) is 20.8 Å². The van der Waals surface area contributed by atoms with Crippen molar-refractivity contribution in [3.05, 3.63) is 17.0 Å². The average Bonchev–Trinajstić information content (AvgIpc) is 2.54. The number of carbonyl (C=O) groups is 1. The topological polar surface area (TPSA) is 69.8 Å². The smallest absolute Gasteiger partial charge is 0.221 e. The van der Waals surface area contributed by atoms with Crippen LogP contribution in [0.25, 0.3) is 0 Å². The van der Waals surface area contributed by atoms with E-state index in [0.717, 1.165) is 17.9 Å². The number of rotatable bonds is 5. The van der Waals surface area contributed by atoms with E-state index in [-0.39, 0.29) is 5.91 Å². The first-order chi connectivity index (χ1) is 7.15. The normalized spacial score (nSPS) is 10.3. The molecule has 0 aliphatic carbocycles. The molecule has 0 bridgehead atoms. The fourth-order valence-corrected chi connectivity index (χ4v) is 1.37. The zero-order chi connectivity index (χ0) is 11.3. The number of aryl methyl sites for hydroxylation is 2. The van der Waals surface area contributed by atoms with Crippen molar-refractivity contribution in [2.24, 2.45) is 0 Å². The molecule has 0 radical (unpaired) electrons. The van der Waals surface area contributed by atoms with Crippen LogP contribution in [0.3, 0.4) is 0 Å². The van der Waals surface area contributed by atoms with Crippen LogP contribution in [-0.2, 0) is 11.3 Å². The highest BCUT2D eigenvalue weighted by molar-refractivity contribution is 5.75. The highest BCUT2D eigenvalue weighted by Gasteiger charge is 2.05. The van der Waals surface area contributed by atoms with Crippen LogP contribution in [0.15, 0.2) is 0 Å². The first kappa shape index (κ1) is 11.7. The number of nitrogens with zero attached hydrogens (tertiary/aromatic N) is 1. The second kappa shape index (κ2) is 5.50. The standard InChI is InChI=1S/C10H18N4O/c1-7-9(8(2)14-13-7)6-12-5-4-10(15)11-3/h12H,4-6H2,1-3H3,(H,11,15)(H,13,14). The number of hydrogen-bond acceptors (Lipinski definition) is 3. The van der Waals surface area contributed by atoms with Gasteiger partial charge in [-0.25, -0.2) is 0 Å². The summed E-state index contributed by atoms with van der Waals surface area (Å²) < 4.78 is 0. The van der Waals surface area contributed by atoms with Crippen molar-refractivity contribution in [2.45, 2.75) is 26.8 Å². The minimum absolute atomic E-state index is 0.0585. The van der Waals surface area contributed by atoms with Gasteiger partial charge in [0.1, 0.15) is 0 Å². The fourth-order valence-electron chi connectivity index (χ4n) is 1.37. The zero-order valence-corrected chi connectivity index (χ0v) is 9.48. The van der Waals surface area contributed by atoms with Gasteiger partial charge < -0.3 is 10.6 Å². The molecule has 0 fully saturated rings. The monoisotopic (exact) mass is 210 g/mol. The maximum atomic E-state index is 10.9. The summed E-state index contributed by atoms with van der Waals surface area (Å²) in [6, 6.07) is 0. The summed E-state index contributed by atoms with van der Waals surface area (Å²) in [7, 11) is 1.65. The molecule has 1 aromatic heterocycles. The van der Waals surface area contributed by atoms with Crippen molar-refractivity contribution >= 4 is 5.91 Å². The lowest BCUT2D eigenvalue weighted by Crippen LogP contribution is -2.24. The van der Waals surface area contributed by atoms with Gasteiger partial charge in [0.25, 0.3) is 0 Å². The summed E-state index contributed by atoms with van der Waals surface area (Å²) in [4.78, 5) is 10.9. The maximum absolute atomic E-state index is 10.9. The Morgan fingerprint density at radius 3 is 2.73 bits per heavy atom. The van der Waals surface area contributed by atoms with Crippen LogP contribution in [-0.4, -0.2) is 29.7 Å². The van der Waals surface area contributed by atoms with E-state index in [4.69, 9.17) is 0 Å². The molecule has 15 heavy (non-hydrogen) atoms. The number of amides is 1. The molecule has 3 N–H and O–H groups in total. The Morgan fingerprint density at radius 1 is 1.47 bits per heavy atom. The van der Waals surface area contributed by atoms with Gasteiger partial charge in [0.15, 0.2) is 0 Å². The first-order valence-electron chi connectivity index (χ1n) is 5.07. The Hall–Kier alpha value is -1.36. The summed E-state index contributed by atoms with van der Waals surface area (Å²) >= 11 is 0. The van der Waals surface area contributed by atoms with E-state index in [1.807, 2.05) is 13.8 Å². The van der Waals surface area contributed by atoms with Crippen molar-refractivity contribution in [1.29, 1.82) is 0 Å². The van der Waals surface area contributed by atoms with Gasteiger partial charge in [-0.05, 0) is 13.8 Å². The van der Waals surface area contributed by atoms with Crippen LogP contribution in [0, 0.1) is 13.8 Å². The van der Waals surface area contributed by atoms with Gasteiger partial charge >= 0.3 is 0 Å². The summed E-state index contributed by atoms with van der Waals surface area (Å²) in [5.74, 6) is 0.0585. The lowest BCUT2D eigenvalue weighted by atomic mass is 10.2. The Bertz CT molecular complexity index is 313. The van der Waals surface area contributed by atoms with Gasteiger partial charge in [-0.2, -0.15) is 5.10 Å². The van der Waals surface area contributed by atoms with Crippen LogP contribution in [0.4, 0.5) is 0 Å². The van der Waals surface area contributed by atoms with Gasteiger partial charge in [0.2, 0.25) is 5.91 Å². The molecule has 0 saturated heterocycles. The maximum Gasteiger partial charge on any atom is 0.221 e. The molecule has 0 unspecified atom stereocenters. The lowest BCUT2D eigenvalue weighted by Gasteiger charge is -2.04. The van der Waals surface area contributed by atoms with Crippen LogP contribution in [0.2, 0.25) is 0 Å². The molecule has 0 saturated carbocycles. The molecule has 84 valence electrons. The van der Waals surface area contributed by atoms with E-state index < -0.39 is 0 Å². The molecule has 0 atom stereocenters. The van der Waals surface area contributed by atoms with Gasteiger partial charge in [0.05, 0.1) is 5.69 Å². The Labute approximate surface area is 89.6 Å². The Kier molecular flexibility index (Phi) is 4.30. The lowest BCUT2D eigenvalue weighted by molar-refractivity contribution is -0.120. The highest BCUT2D eigenvalue weighted by atomic mass is 16.1. The van der Waals surface area contributed by atoms with Crippen LogP contribution in [0.1, 0.15) is 23.4 Å². The third kappa shape index (κ3) is 3.36. The highest BCUT2D eigenvalue weighted by Crippen LogP contribution is 2.07. The quantitative estimate of drug-likeness (QED) is 0.610. The van der Waals surface area contributed by atoms with Gasteiger partial charge in [-0.15, -0.1) is 0 Å². The van der Waals surface area contributed by atoms with Gasteiger partial charge in [0, 0.05) is 37.8 Å². The fraction of sp³-hybridized carbons (Fsp3) is 0.600. The number of nitrogens with one attached hydrogen (secondary N) is 3. The van der Waals surface area contributed by atoms with Crippen molar-refractivity contribution in [3.8, 4) is 0 Å². The molecule has 0 aliphatic rings. The molecule has 0 aliphatic heterocycles. The molecule has 1 rings (SSSR count). The Morgan fingerprint density at radius 2 is 2.20 bits per heavy atom. The second-order valence-corrected chi connectivity index (χ2v) is 3.51. The van der Waals surface area contributed by atoms with E-state index >= 15 is 0 Å². The van der Waals surface area contributed by atoms with Crippen molar-refractivity contribution in [1.82, 2.24) is 20.8 Å². The number of aromatic nitrogens is 2. The molecule has 0 aromatic carbocycles. The number of carbonyl (C=O) groups excluding carboxylic acids is 1. The largest absolute Gasteiger partial charge is 0.359 e. The summed E-state index contributed by atoms with van der Waals surface area (Å²) in [6.45, 7) is 5.41. The predicted molar refractivity (Wildman–Crippen MR) is 58.5 cm³/mol. The van der Waals surface area contributed by atoms with E-state index in [9.17, 15) is 4.79 Å². The molecular formula is C10H18N4O. The van der Waals surface area contributed by atoms with Crippen molar-refractivity contribution in [3.63, 3.8) is 0 Å². The SMILES string of the molecule is CNC(=O)CCNCc1c(C)n[nH]c1C. The summed E-state index contributed by atoms with van der Waals surface area (Å²) in [5, 5.41) is 12.8.